The summed E-state index contributed by atoms with van der Waals surface area (Å²) in [4.78, 5) is 14.8. The maximum absolute atomic E-state index is 10.5. The Labute approximate surface area is 53.8 Å². The van der Waals surface area contributed by atoms with Crippen LogP contribution in [0.25, 0.3) is 0 Å². The summed E-state index contributed by atoms with van der Waals surface area (Å²) in [7, 11) is 1.32. The summed E-state index contributed by atoms with van der Waals surface area (Å²) >= 11 is 0. The van der Waals surface area contributed by atoms with E-state index >= 15 is 0 Å². The quantitative estimate of drug-likeness (QED) is 0.507. The molecule has 0 bridgehead atoms. The second kappa shape index (κ2) is 4.29. The lowest BCUT2D eigenvalue weighted by molar-refractivity contribution is -0.140. The van der Waals surface area contributed by atoms with Crippen molar-refractivity contribution in [2.75, 3.05) is 7.11 Å². The maximum atomic E-state index is 10.5. The molecule has 1 amide bonds. The lowest BCUT2D eigenvalue weighted by Crippen LogP contribution is -2.33. The van der Waals surface area contributed by atoms with E-state index in [0.29, 0.717) is 6.42 Å². The number of amides is 1. The van der Waals surface area contributed by atoms with Crippen molar-refractivity contribution in [2.45, 2.75) is 19.4 Å². The first-order valence-electron chi connectivity index (χ1n) is 2.73. The van der Waals surface area contributed by atoms with Gasteiger partial charge in [-0.1, -0.05) is 6.92 Å². The van der Waals surface area contributed by atoms with Gasteiger partial charge in [0, 0.05) is 0 Å². The summed E-state index contributed by atoms with van der Waals surface area (Å²) in [5.41, 5.74) is 2.01. The lowest BCUT2D eigenvalue weighted by atomic mass is 10.3. The standard InChI is InChI=1S/C5H11NO3/c1-3-4(7)5(8)6-9-2/h4,7H,3H2,1-2H3,(H,6,8). The average molecular weight is 133 g/mol. The van der Waals surface area contributed by atoms with E-state index in [0.717, 1.165) is 0 Å². The second-order valence-corrected chi connectivity index (χ2v) is 1.59. The summed E-state index contributed by atoms with van der Waals surface area (Å²) in [6.45, 7) is 1.71. The third-order valence-electron chi connectivity index (χ3n) is 0.892. The highest BCUT2D eigenvalue weighted by Crippen LogP contribution is 1.87. The van der Waals surface area contributed by atoms with Crippen LogP contribution in [0.1, 0.15) is 13.3 Å². The van der Waals surface area contributed by atoms with Crippen LogP contribution in [0.3, 0.4) is 0 Å². The van der Waals surface area contributed by atoms with Gasteiger partial charge in [-0.3, -0.25) is 9.63 Å². The van der Waals surface area contributed by atoms with E-state index in [4.69, 9.17) is 5.11 Å². The van der Waals surface area contributed by atoms with Crippen LogP contribution in [-0.2, 0) is 9.63 Å². The van der Waals surface area contributed by atoms with E-state index in [1.165, 1.54) is 7.11 Å². The smallest absolute Gasteiger partial charge is 0.272 e. The SMILES string of the molecule is CCC(O)C(=O)NOC. The van der Waals surface area contributed by atoms with Gasteiger partial charge >= 0.3 is 0 Å². The van der Waals surface area contributed by atoms with E-state index in [9.17, 15) is 4.79 Å². The van der Waals surface area contributed by atoms with Crippen LogP contribution in [0.5, 0.6) is 0 Å². The highest BCUT2D eigenvalue weighted by atomic mass is 16.6. The minimum Gasteiger partial charge on any atom is -0.383 e. The van der Waals surface area contributed by atoms with Gasteiger partial charge < -0.3 is 5.11 Å². The first-order chi connectivity index (χ1) is 4.22. The van der Waals surface area contributed by atoms with Gasteiger partial charge in [-0.15, -0.1) is 0 Å². The molecule has 54 valence electrons. The van der Waals surface area contributed by atoms with Gasteiger partial charge in [-0.2, -0.15) is 0 Å². The van der Waals surface area contributed by atoms with E-state index in [-0.39, 0.29) is 0 Å². The van der Waals surface area contributed by atoms with E-state index in [2.05, 4.69) is 4.84 Å². The van der Waals surface area contributed by atoms with Crippen LogP contribution >= 0.6 is 0 Å². The minimum atomic E-state index is -0.954. The van der Waals surface area contributed by atoms with Gasteiger partial charge in [-0.05, 0) is 6.42 Å². The summed E-state index contributed by atoms with van der Waals surface area (Å²) in [6, 6.07) is 0. The molecule has 2 N–H and O–H groups in total. The zero-order chi connectivity index (χ0) is 7.28. The third kappa shape index (κ3) is 3.05. The average Bonchev–Trinajstić information content (AvgIpc) is 1.87. The minimum absolute atomic E-state index is 0.398. The van der Waals surface area contributed by atoms with Gasteiger partial charge in [0.15, 0.2) is 0 Å². The van der Waals surface area contributed by atoms with Crippen molar-refractivity contribution in [1.29, 1.82) is 0 Å². The predicted molar refractivity (Wildman–Crippen MR) is 31.4 cm³/mol. The summed E-state index contributed by atoms with van der Waals surface area (Å²) < 4.78 is 0. The van der Waals surface area contributed by atoms with Crippen molar-refractivity contribution in [1.82, 2.24) is 5.48 Å². The number of carbonyl (C=O) groups excluding carboxylic acids is 1. The number of rotatable bonds is 3. The second-order valence-electron chi connectivity index (χ2n) is 1.59. The van der Waals surface area contributed by atoms with Crippen LogP contribution < -0.4 is 5.48 Å². The van der Waals surface area contributed by atoms with Gasteiger partial charge in [0.2, 0.25) is 0 Å². The molecule has 1 unspecified atom stereocenters. The lowest BCUT2D eigenvalue weighted by Gasteiger charge is -2.05. The zero-order valence-electron chi connectivity index (χ0n) is 5.55. The Balaban J connectivity index is 3.46. The predicted octanol–water partition coefficient (Wildman–Crippen LogP) is -0.565. The first kappa shape index (κ1) is 8.39. The molecule has 0 aromatic rings. The normalized spacial score (nSPS) is 12.8. The molecule has 0 spiro atoms. The zero-order valence-corrected chi connectivity index (χ0v) is 5.55. The highest BCUT2D eigenvalue weighted by molar-refractivity contribution is 5.79. The monoisotopic (exact) mass is 133 g/mol. The topological polar surface area (TPSA) is 58.6 Å². The number of aliphatic hydroxyl groups is 1. The van der Waals surface area contributed by atoms with Crippen molar-refractivity contribution in [2.24, 2.45) is 0 Å². The fraction of sp³-hybridized carbons (Fsp3) is 0.800. The molecule has 0 rings (SSSR count). The number of nitrogens with one attached hydrogen (secondary N) is 1. The van der Waals surface area contributed by atoms with E-state index in [1.54, 1.807) is 6.92 Å². The maximum Gasteiger partial charge on any atom is 0.272 e. The molecule has 9 heavy (non-hydrogen) atoms. The molecule has 1 atom stereocenters. The van der Waals surface area contributed by atoms with Gasteiger partial charge in [0.25, 0.3) is 5.91 Å². The molecule has 4 heteroatoms. The van der Waals surface area contributed by atoms with Gasteiger partial charge in [0.05, 0.1) is 7.11 Å². The molecule has 0 aromatic heterocycles. The molecular formula is C5H11NO3. The Bertz CT molecular complexity index is 94.2. The van der Waals surface area contributed by atoms with Crippen molar-refractivity contribution < 1.29 is 14.7 Å². The summed E-state index contributed by atoms with van der Waals surface area (Å²) in [5, 5.41) is 8.77. The fourth-order valence-corrected chi connectivity index (χ4v) is 0.354. The molecule has 0 fully saturated rings. The Morgan fingerprint density at radius 3 is 2.78 bits per heavy atom. The largest absolute Gasteiger partial charge is 0.383 e. The van der Waals surface area contributed by atoms with Crippen molar-refractivity contribution in [3.8, 4) is 0 Å². The molecule has 0 aliphatic heterocycles. The van der Waals surface area contributed by atoms with Crippen molar-refractivity contribution in [3.05, 3.63) is 0 Å². The van der Waals surface area contributed by atoms with Crippen LogP contribution in [0.2, 0.25) is 0 Å². The number of hydrogen-bond donors (Lipinski definition) is 2. The molecule has 0 radical (unpaired) electrons. The number of hydroxylamine groups is 1. The Morgan fingerprint density at radius 1 is 1.89 bits per heavy atom. The Morgan fingerprint density at radius 2 is 2.44 bits per heavy atom. The number of aliphatic hydroxyl groups excluding tert-OH is 1. The molecule has 4 nitrogen and oxygen atoms in total. The van der Waals surface area contributed by atoms with Crippen molar-refractivity contribution >= 4 is 5.91 Å². The van der Waals surface area contributed by atoms with Gasteiger partial charge in [-0.25, -0.2) is 5.48 Å². The van der Waals surface area contributed by atoms with Crippen molar-refractivity contribution in [3.63, 3.8) is 0 Å². The number of hydrogen-bond acceptors (Lipinski definition) is 3. The van der Waals surface area contributed by atoms with Gasteiger partial charge in [0.1, 0.15) is 6.10 Å². The molecule has 0 aromatic carbocycles. The molecule has 0 saturated carbocycles. The number of carbonyl (C=O) groups is 1. The van der Waals surface area contributed by atoms with Crippen LogP contribution in [-0.4, -0.2) is 24.2 Å². The van der Waals surface area contributed by atoms with Crippen LogP contribution in [0, 0.1) is 0 Å². The summed E-state index contributed by atoms with van der Waals surface area (Å²) in [6.07, 6.45) is -0.556. The van der Waals surface area contributed by atoms with Crippen LogP contribution in [0.15, 0.2) is 0 Å². The molecule has 0 aliphatic carbocycles. The summed E-state index contributed by atoms with van der Waals surface area (Å²) in [5.74, 6) is -0.500. The van der Waals surface area contributed by atoms with Crippen LogP contribution in [0.4, 0.5) is 0 Å². The first-order valence-corrected chi connectivity index (χ1v) is 2.73. The molecular weight excluding hydrogens is 122 g/mol. The molecule has 0 saturated heterocycles. The third-order valence-corrected chi connectivity index (χ3v) is 0.892. The van der Waals surface area contributed by atoms with E-state index < -0.39 is 12.0 Å². The highest BCUT2D eigenvalue weighted by Gasteiger charge is 2.10. The van der Waals surface area contributed by atoms with E-state index in [1.807, 2.05) is 5.48 Å². The molecule has 0 aliphatic rings. The molecule has 0 heterocycles. The fourth-order valence-electron chi connectivity index (χ4n) is 0.354. The Hall–Kier alpha value is -0.610. The Kier molecular flexibility index (Phi) is 4.00.